The number of nitrogens with one attached hydrogen (secondary N) is 2. The average molecular weight is 319 g/mol. The fraction of sp³-hybridized carbons (Fsp3) is 0.417. The van der Waals surface area contributed by atoms with Crippen LogP contribution in [0.5, 0.6) is 0 Å². The summed E-state index contributed by atoms with van der Waals surface area (Å²) in [7, 11) is -4.40. The van der Waals surface area contributed by atoms with Gasteiger partial charge >= 0.3 is 0 Å². The van der Waals surface area contributed by atoms with E-state index >= 15 is 0 Å². The van der Waals surface area contributed by atoms with E-state index in [2.05, 4.69) is 5.32 Å². The maximum Gasteiger partial charge on any atom is 0.244 e. The highest BCUT2D eigenvalue weighted by molar-refractivity contribution is 7.89. The molecule has 1 aromatic rings. The van der Waals surface area contributed by atoms with Crippen molar-refractivity contribution in [1.29, 1.82) is 0 Å². The Bertz CT molecular complexity index is 675. The highest BCUT2D eigenvalue weighted by Gasteiger charge is 2.30. The Balaban J connectivity index is 2.19. The smallest absolute Gasteiger partial charge is 0.244 e. The minimum absolute atomic E-state index is 0.0611. The van der Waals surface area contributed by atoms with E-state index in [1.165, 1.54) is 6.92 Å². The molecule has 2 rings (SSSR count). The third-order valence-electron chi connectivity index (χ3n) is 2.96. The predicted molar refractivity (Wildman–Crippen MR) is 71.7 cm³/mol. The number of amides is 1. The third kappa shape index (κ3) is 3.67. The number of nitrogen functional groups attached to an aromatic ring is 1. The van der Waals surface area contributed by atoms with Crippen molar-refractivity contribution in [3.05, 3.63) is 23.8 Å². The third-order valence-corrected chi connectivity index (χ3v) is 4.50. The Labute approximate surface area is 120 Å². The molecule has 1 aliphatic carbocycles. The number of halogens is 2. The number of carbonyl (C=O) groups is 1. The lowest BCUT2D eigenvalue weighted by Crippen LogP contribution is -2.45. The van der Waals surface area contributed by atoms with Crippen LogP contribution in [0.15, 0.2) is 17.0 Å². The van der Waals surface area contributed by atoms with Gasteiger partial charge in [-0.3, -0.25) is 4.79 Å². The lowest BCUT2D eigenvalue weighted by atomic mass is 10.3. The first kappa shape index (κ1) is 15.6. The van der Waals surface area contributed by atoms with Crippen LogP contribution in [0.2, 0.25) is 0 Å². The Morgan fingerprint density at radius 2 is 2.00 bits per heavy atom. The van der Waals surface area contributed by atoms with E-state index < -0.39 is 38.5 Å². The molecular formula is C12H15F2N3O3S. The van der Waals surface area contributed by atoms with Crippen LogP contribution < -0.4 is 15.8 Å². The molecule has 1 fully saturated rings. The molecule has 4 N–H and O–H groups in total. The summed E-state index contributed by atoms with van der Waals surface area (Å²) >= 11 is 0. The SMILES string of the molecule is CC(NS(=O)(=O)c1cc(N)cc(F)c1F)C(=O)NC1CC1. The van der Waals surface area contributed by atoms with E-state index in [4.69, 9.17) is 5.73 Å². The molecule has 1 aromatic carbocycles. The number of hydrogen-bond donors (Lipinski definition) is 3. The molecule has 0 aliphatic heterocycles. The highest BCUT2D eigenvalue weighted by Crippen LogP contribution is 2.22. The van der Waals surface area contributed by atoms with Crippen LogP contribution in [0.1, 0.15) is 19.8 Å². The molecule has 0 aromatic heterocycles. The van der Waals surface area contributed by atoms with Crippen molar-refractivity contribution >= 4 is 21.6 Å². The van der Waals surface area contributed by atoms with Crippen LogP contribution in [0.25, 0.3) is 0 Å². The van der Waals surface area contributed by atoms with Gasteiger partial charge in [0.05, 0.1) is 6.04 Å². The molecule has 1 unspecified atom stereocenters. The molecule has 0 bridgehead atoms. The second kappa shape index (κ2) is 5.57. The van der Waals surface area contributed by atoms with E-state index in [0.717, 1.165) is 18.9 Å². The zero-order valence-electron chi connectivity index (χ0n) is 11.2. The van der Waals surface area contributed by atoms with Gasteiger partial charge in [-0.15, -0.1) is 0 Å². The lowest BCUT2D eigenvalue weighted by molar-refractivity contribution is -0.122. The second-order valence-electron chi connectivity index (χ2n) is 4.94. The highest BCUT2D eigenvalue weighted by atomic mass is 32.2. The summed E-state index contributed by atoms with van der Waals surface area (Å²) in [6.07, 6.45) is 1.69. The Morgan fingerprint density at radius 1 is 1.38 bits per heavy atom. The van der Waals surface area contributed by atoms with Crippen LogP contribution >= 0.6 is 0 Å². The maximum atomic E-state index is 13.6. The predicted octanol–water partition coefficient (Wildman–Crippen LogP) is 0.492. The summed E-state index contributed by atoms with van der Waals surface area (Å²) in [5.74, 6) is -3.43. The molecule has 6 nitrogen and oxygen atoms in total. The van der Waals surface area contributed by atoms with Crippen LogP contribution in [-0.2, 0) is 14.8 Å². The van der Waals surface area contributed by atoms with Crippen molar-refractivity contribution in [2.45, 2.75) is 36.7 Å². The van der Waals surface area contributed by atoms with E-state index in [1.807, 2.05) is 4.72 Å². The summed E-state index contributed by atoms with van der Waals surface area (Å²) in [6.45, 7) is 1.32. The topological polar surface area (TPSA) is 101 Å². The maximum absolute atomic E-state index is 13.6. The molecule has 21 heavy (non-hydrogen) atoms. The van der Waals surface area contributed by atoms with Crippen molar-refractivity contribution < 1.29 is 22.0 Å². The number of hydrogen-bond acceptors (Lipinski definition) is 4. The normalized spacial score (nSPS) is 16.5. The van der Waals surface area contributed by atoms with Gasteiger partial charge in [0.25, 0.3) is 0 Å². The molecule has 1 aliphatic rings. The van der Waals surface area contributed by atoms with Crippen molar-refractivity contribution in [3.8, 4) is 0 Å². The molecule has 0 saturated heterocycles. The monoisotopic (exact) mass is 319 g/mol. The Morgan fingerprint density at radius 3 is 2.57 bits per heavy atom. The minimum atomic E-state index is -4.40. The molecule has 1 atom stereocenters. The fourth-order valence-electron chi connectivity index (χ4n) is 1.68. The average Bonchev–Trinajstić information content (AvgIpc) is 3.16. The van der Waals surface area contributed by atoms with Crippen molar-refractivity contribution in [2.75, 3.05) is 5.73 Å². The van der Waals surface area contributed by atoms with Crippen molar-refractivity contribution in [3.63, 3.8) is 0 Å². The van der Waals surface area contributed by atoms with Gasteiger partial charge in [0.15, 0.2) is 11.6 Å². The zero-order valence-corrected chi connectivity index (χ0v) is 12.0. The van der Waals surface area contributed by atoms with E-state index in [9.17, 15) is 22.0 Å². The van der Waals surface area contributed by atoms with Gasteiger partial charge in [-0.1, -0.05) is 0 Å². The molecule has 0 heterocycles. The van der Waals surface area contributed by atoms with Crippen LogP contribution in [0, 0.1) is 11.6 Å². The molecule has 0 spiro atoms. The molecule has 9 heteroatoms. The summed E-state index contributed by atoms with van der Waals surface area (Å²) < 4.78 is 52.9. The quantitative estimate of drug-likeness (QED) is 0.688. The summed E-state index contributed by atoms with van der Waals surface area (Å²) in [5.41, 5.74) is 5.08. The second-order valence-corrected chi connectivity index (χ2v) is 6.62. The van der Waals surface area contributed by atoms with Gasteiger partial charge in [0.1, 0.15) is 4.90 Å². The van der Waals surface area contributed by atoms with E-state index in [0.29, 0.717) is 6.07 Å². The number of nitrogens with two attached hydrogens (primary N) is 1. The fourth-order valence-corrected chi connectivity index (χ4v) is 3.01. The molecule has 1 amide bonds. The zero-order chi connectivity index (χ0) is 15.8. The van der Waals surface area contributed by atoms with Gasteiger partial charge in [-0.25, -0.2) is 17.2 Å². The standard InChI is InChI=1S/C12H15F2N3O3S/c1-6(12(18)16-8-2-3-8)17-21(19,20)10-5-7(15)4-9(13)11(10)14/h4-6,8,17H,2-3,15H2,1H3,(H,16,18). The number of sulfonamides is 1. The lowest BCUT2D eigenvalue weighted by Gasteiger charge is -2.15. The van der Waals surface area contributed by atoms with Gasteiger partial charge in [0, 0.05) is 11.7 Å². The summed E-state index contributed by atoms with van der Waals surface area (Å²) in [4.78, 5) is 10.8. The van der Waals surface area contributed by atoms with Gasteiger partial charge in [-0.05, 0) is 31.9 Å². The van der Waals surface area contributed by atoms with Crippen LogP contribution in [0.3, 0.4) is 0 Å². The number of benzene rings is 1. The number of carbonyl (C=O) groups excluding carboxylic acids is 1. The van der Waals surface area contributed by atoms with Crippen LogP contribution in [0.4, 0.5) is 14.5 Å². The molecular weight excluding hydrogens is 304 g/mol. The number of rotatable bonds is 5. The molecule has 1 saturated carbocycles. The first-order valence-corrected chi connectivity index (χ1v) is 7.76. The number of anilines is 1. The first-order valence-electron chi connectivity index (χ1n) is 6.28. The van der Waals surface area contributed by atoms with Gasteiger partial charge < -0.3 is 11.1 Å². The van der Waals surface area contributed by atoms with Crippen molar-refractivity contribution in [2.24, 2.45) is 0 Å². The Kier molecular flexibility index (Phi) is 4.15. The Hall–Kier alpha value is -1.74. The van der Waals surface area contributed by atoms with Crippen LogP contribution in [-0.4, -0.2) is 26.4 Å². The minimum Gasteiger partial charge on any atom is -0.399 e. The first-order chi connectivity index (χ1) is 9.70. The van der Waals surface area contributed by atoms with E-state index in [1.54, 1.807) is 0 Å². The van der Waals surface area contributed by atoms with Crippen molar-refractivity contribution in [1.82, 2.24) is 10.0 Å². The van der Waals surface area contributed by atoms with Gasteiger partial charge in [0.2, 0.25) is 15.9 Å². The molecule has 0 radical (unpaired) electrons. The molecule has 116 valence electrons. The van der Waals surface area contributed by atoms with Gasteiger partial charge in [-0.2, -0.15) is 4.72 Å². The summed E-state index contributed by atoms with van der Waals surface area (Å²) in [5, 5.41) is 2.61. The largest absolute Gasteiger partial charge is 0.399 e. The van der Waals surface area contributed by atoms with E-state index in [-0.39, 0.29) is 11.7 Å². The summed E-state index contributed by atoms with van der Waals surface area (Å²) in [6, 6.07) is 0.426.